The second kappa shape index (κ2) is 4.26. The molecule has 0 saturated heterocycles. The van der Waals surface area contributed by atoms with Gasteiger partial charge in [-0.1, -0.05) is 13.8 Å². The molecule has 0 heterocycles. The first kappa shape index (κ1) is 11.4. The van der Waals surface area contributed by atoms with Crippen molar-refractivity contribution in [3.63, 3.8) is 0 Å². The minimum absolute atomic E-state index is 0.101. The van der Waals surface area contributed by atoms with Crippen LogP contribution in [0.2, 0.25) is 0 Å². The molecule has 1 atom stereocenters. The number of esters is 1. The molecule has 1 fully saturated rings. The number of carbonyl (C=O) groups is 1. The summed E-state index contributed by atoms with van der Waals surface area (Å²) in [6.07, 6.45) is 1.15. The molecule has 1 saturated carbocycles. The third-order valence-electron chi connectivity index (χ3n) is 2.24. The molecule has 14 heavy (non-hydrogen) atoms. The van der Waals surface area contributed by atoms with E-state index in [1.54, 1.807) is 0 Å². The average Bonchev–Trinajstić information content (AvgIpc) is 2.78. The Bertz CT molecular complexity index is 214. The highest BCUT2D eigenvalue weighted by molar-refractivity contribution is 5.75. The van der Waals surface area contributed by atoms with Gasteiger partial charge in [-0.2, -0.15) is 0 Å². The third-order valence-corrected chi connectivity index (χ3v) is 2.24. The lowest BCUT2D eigenvalue weighted by molar-refractivity contribution is -0.146. The zero-order valence-corrected chi connectivity index (χ0v) is 8.75. The molecule has 0 radical (unpaired) electrons. The van der Waals surface area contributed by atoms with Crippen molar-refractivity contribution in [1.29, 1.82) is 0 Å². The van der Waals surface area contributed by atoms with Crippen molar-refractivity contribution in [1.82, 2.24) is 0 Å². The number of nitrogens with two attached hydrogens (primary N) is 1. The molecule has 0 aromatic rings. The lowest BCUT2D eigenvalue weighted by Gasteiger charge is -2.14. The Kier molecular flexibility index (Phi) is 3.48. The van der Waals surface area contributed by atoms with Crippen LogP contribution in [0.3, 0.4) is 0 Å². The molecule has 0 aromatic heterocycles. The van der Waals surface area contributed by atoms with Crippen molar-refractivity contribution >= 4 is 5.97 Å². The van der Waals surface area contributed by atoms with E-state index in [4.69, 9.17) is 10.5 Å². The van der Waals surface area contributed by atoms with Gasteiger partial charge in [0.15, 0.2) is 0 Å². The zero-order chi connectivity index (χ0) is 10.8. The number of alkyl halides is 1. The van der Waals surface area contributed by atoms with Gasteiger partial charge in [-0.3, -0.25) is 4.79 Å². The van der Waals surface area contributed by atoms with Crippen molar-refractivity contribution in [3.05, 3.63) is 0 Å². The smallest absolute Gasteiger partial charge is 0.323 e. The molecule has 82 valence electrons. The maximum Gasteiger partial charge on any atom is 0.323 e. The molecule has 0 aliphatic heterocycles. The zero-order valence-electron chi connectivity index (χ0n) is 8.75. The van der Waals surface area contributed by atoms with Crippen molar-refractivity contribution < 1.29 is 13.9 Å². The highest BCUT2D eigenvalue weighted by Gasteiger charge is 2.45. The highest BCUT2D eigenvalue weighted by atomic mass is 19.1. The molecule has 1 rings (SSSR count). The first-order valence-electron chi connectivity index (χ1n) is 5.04. The van der Waals surface area contributed by atoms with Crippen molar-refractivity contribution in [2.75, 3.05) is 6.61 Å². The van der Waals surface area contributed by atoms with Crippen LogP contribution < -0.4 is 5.73 Å². The number of halogens is 1. The first-order valence-corrected chi connectivity index (χ1v) is 5.04. The first-order chi connectivity index (χ1) is 6.43. The average molecular weight is 203 g/mol. The summed E-state index contributed by atoms with van der Waals surface area (Å²) in [6.45, 7) is 4.23. The fourth-order valence-electron chi connectivity index (χ4n) is 1.17. The van der Waals surface area contributed by atoms with Crippen LogP contribution in [0, 0.1) is 5.92 Å². The molecule has 4 heteroatoms. The Morgan fingerprint density at radius 2 is 2.14 bits per heavy atom. The van der Waals surface area contributed by atoms with Gasteiger partial charge in [0, 0.05) is 6.42 Å². The quantitative estimate of drug-likeness (QED) is 0.687. The van der Waals surface area contributed by atoms with Gasteiger partial charge < -0.3 is 10.5 Å². The topological polar surface area (TPSA) is 52.3 Å². The largest absolute Gasteiger partial charge is 0.464 e. The summed E-state index contributed by atoms with van der Waals surface area (Å²) in [5.74, 6) is -0.200. The fourth-order valence-corrected chi connectivity index (χ4v) is 1.17. The van der Waals surface area contributed by atoms with Crippen LogP contribution in [0.15, 0.2) is 0 Å². The van der Waals surface area contributed by atoms with Crippen LogP contribution in [0.25, 0.3) is 0 Å². The third kappa shape index (κ3) is 3.62. The normalized spacial score (nSPS) is 20.6. The van der Waals surface area contributed by atoms with Crippen LogP contribution in [0.1, 0.15) is 33.1 Å². The number of carbonyl (C=O) groups excluding carboxylic acids is 1. The Morgan fingerprint density at radius 1 is 1.57 bits per heavy atom. The molecule has 0 amide bonds. The van der Waals surface area contributed by atoms with Crippen LogP contribution >= 0.6 is 0 Å². The second-order valence-corrected chi connectivity index (χ2v) is 4.49. The van der Waals surface area contributed by atoms with Crippen molar-refractivity contribution in [2.45, 2.75) is 44.8 Å². The predicted octanol–water partition coefficient (Wildman–Crippen LogP) is 1.41. The van der Waals surface area contributed by atoms with E-state index in [1.807, 2.05) is 13.8 Å². The minimum atomic E-state index is -1.18. The Hall–Kier alpha value is -0.640. The molecule has 1 unspecified atom stereocenters. The van der Waals surface area contributed by atoms with E-state index in [0.29, 0.717) is 19.4 Å². The summed E-state index contributed by atoms with van der Waals surface area (Å²) in [7, 11) is 0. The molecule has 0 bridgehead atoms. The van der Waals surface area contributed by atoms with Gasteiger partial charge in [0.1, 0.15) is 11.7 Å². The van der Waals surface area contributed by atoms with E-state index in [9.17, 15) is 9.18 Å². The summed E-state index contributed by atoms with van der Waals surface area (Å²) in [5, 5.41) is 0. The van der Waals surface area contributed by atoms with E-state index in [0.717, 1.165) is 0 Å². The van der Waals surface area contributed by atoms with Crippen LogP contribution in [0.5, 0.6) is 0 Å². The van der Waals surface area contributed by atoms with Gasteiger partial charge in [-0.15, -0.1) is 0 Å². The van der Waals surface area contributed by atoms with E-state index in [2.05, 4.69) is 0 Å². The lowest BCUT2D eigenvalue weighted by Crippen LogP contribution is -2.36. The van der Waals surface area contributed by atoms with Gasteiger partial charge in [-0.05, 0) is 18.8 Å². The molecule has 3 nitrogen and oxygen atoms in total. The molecular formula is C10H18FNO2. The van der Waals surface area contributed by atoms with Gasteiger partial charge in [0.25, 0.3) is 0 Å². The number of hydrogen-bond donors (Lipinski definition) is 1. The van der Waals surface area contributed by atoms with Gasteiger partial charge in [0.05, 0.1) is 6.61 Å². The van der Waals surface area contributed by atoms with E-state index in [1.165, 1.54) is 0 Å². The summed E-state index contributed by atoms with van der Waals surface area (Å²) in [5.41, 5.74) is 4.33. The summed E-state index contributed by atoms with van der Waals surface area (Å²) < 4.78 is 18.1. The highest BCUT2D eigenvalue weighted by Crippen LogP contribution is 2.43. The van der Waals surface area contributed by atoms with Gasteiger partial charge >= 0.3 is 5.97 Å². The fraction of sp³-hybridized carbons (Fsp3) is 0.900. The number of ether oxygens (including phenoxy) is 1. The van der Waals surface area contributed by atoms with E-state index in [-0.39, 0.29) is 12.3 Å². The van der Waals surface area contributed by atoms with Crippen LogP contribution in [-0.2, 0) is 9.53 Å². The van der Waals surface area contributed by atoms with Gasteiger partial charge in [0.2, 0.25) is 0 Å². The number of hydrogen-bond acceptors (Lipinski definition) is 3. The summed E-state index contributed by atoms with van der Waals surface area (Å²) >= 11 is 0. The Labute approximate surface area is 83.8 Å². The maximum absolute atomic E-state index is 13.2. The summed E-state index contributed by atoms with van der Waals surface area (Å²) in [6, 6.07) is -0.804. The summed E-state index contributed by atoms with van der Waals surface area (Å²) in [4.78, 5) is 11.2. The van der Waals surface area contributed by atoms with E-state index >= 15 is 0 Å². The van der Waals surface area contributed by atoms with Crippen molar-refractivity contribution in [3.8, 4) is 0 Å². The molecule has 2 N–H and O–H groups in total. The second-order valence-electron chi connectivity index (χ2n) is 4.49. The van der Waals surface area contributed by atoms with Gasteiger partial charge in [-0.25, -0.2) is 4.39 Å². The maximum atomic E-state index is 13.2. The Balaban J connectivity index is 2.22. The monoisotopic (exact) mass is 203 g/mol. The minimum Gasteiger partial charge on any atom is -0.464 e. The Morgan fingerprint density at radius 3 is 2.57 bits per heavy atom. The predicted molar refractivity (Wildman–Crippen MR) is 51.5 cm³/mol. The SMILES string of the molecule is CC(C)COC(=O)C(N)CC1(F)CC1. The molecular weight excluding hydrogens is 185 g/mol. The lowest BCUT2D eigenvalue weighted by atomic mass is 10.1. The molecule has 1 aliphatic rings. The molecule has 1 aliphatic carbocycles. The van der Waals surface area contributed by atoms with Crippen molar-refractivity contribution in [2.24, 2.45) is 11.7 Å². The molecule has 0 aromatic carbocycles. The standard InChI is InChI=1S/C10H18FNO2/c1-7(2)6-14-9(13)8(12)5-10(11)3-4-10/h7-8H,3-6,12H2,1-2H3. The molecule has 0 spiro atoms. The van der Waals surface area contributed by atoms with E-state index < -0.39 is 17.7 Å². The number of rotatable bonds is 5. The van der Waals surface area contributed by atoms with Crippen LogP contribution in [-0.4, -0.2) is 24.3 Å². The van der Waals surface area contributed by atoms with Crippen LogP contribution in [0.4, 0.5) is 4.39 Å².